The topological polar surface area (TPSA) is 133 Å². The molecule has 4 aromatic rings. The molecule has 2 N–H and O–H groups in total. The molecule has 8 rings (SSSR count). The summed E-state index contributed by atoms with van der Waals surface area (Å²) in [6.07, 6.45) is 2.37. The second-order valence-electron chi connectivity index (χ2n) is 14.1. The lowest BCUT2D eigenvalue weighted by Crippen LogP contribution is -2.53. The number of nitrogens with one attached hydrogen (secondary N) is 1. The van der Waals surface area contributed by atoms with E-state index in [2.05, 4.69) is 5.43 Å². The van der Waals surface area contributed by atoms with Gasteiger partial charge in [-0.25, -0.2) is 0 Å². The number of hydrogen-bond donors (Lipinski definition) is 2. The van der Waals surface area contributed by atoms with Gasteiger partial charge in [0.15, 0.2) is 5.78 Å². The molecule has 2 heterocycles. The highest BCUT2D eigenvalue weighted by molar-refractivity contribution is 6.22. The smallest absolute Gasteiger partial charge is 0.260 e. The largest absolute Gasteiger partial charge is 0.508 e. The number of carbonyl (C=O) groups is 5. The van der Waals surface area contributed by atoms with Gasteiger partial charge in [-0.2, -0.15) is 5.01 Å². The number of fused-ring (bicyclic) bond motifs is 4. The molecule has 2 aliphatic carbocycles. The predicted octanol–water partition coefficient (Wildman–Crippen LogP) is 6.10. The van der Waals surface area contributed by atoms with Crippen LogP contribution in [-0.2, 0) is 24.6 Å². The number of hydrogen-bond acceptors (Lipinski definition) is 8. The Morgan fingerprint density at radius 3 is 2.25 bits per heavy atom. The van der Waals surface area contributed by atoms with Crippen molar-refractivity contribution < 1.29 is 33.8 Å². The molecule has 0 spiro atoms. The van der Waals surface area contributed by atoms with Crippen molar-refractivity contribution in [3.05, 3.63) is 131 Å². The molecule has 0 radical (unpaired) electrons. The number of allylic oxidation sites excluding steroid dienone is 2. The van der Waals surface area contributed by atoms with Gasteiger partial charge in [-0.1, -0.05) is 65.7 Å². The van der Waals surface area contributed by atoms with Crippen LogP contribution in [0.1, 0.15) is 52.7 Å². The highest BCUT2D eigenvalue weighted by Crippen LogP contribution is 2.65. The average molecular weight is 696 g/mol. The molecule has 2 saturated heterocycles. The van der Waals surface area contributed by atoms with E-state index >= 15 is 4.79 Å². The molecule has 3 fully saturated rings. The summed E-state index contributed by atoms with van der Waals surface area (Å²) < 4.78 is 5.84. The van der Waals surface area contributed by atoms with Crippen LogP contribution in [0.4, 0.5) is 11.4 Å². The van der Waals surface area contributed by atoms with Crippen LogP contribution in [0.2, 0.25) is 0 Å². The van der Waals surface area contributed by atoms with E-state index in [9.17, 15) is 24.3 Å². The first-order chi connectivity index (χ1) is 25.1. The lowest BCUT2D eigenvalue weighted by molar-refractivity contribution is -0.138. The second-order valence-corrected chi connectivity index (χ2v) is 14.1. The molecule has 10 heteroatoms. The average Bonchev–Trinajstić information content (AvgIpc) is 3.53. The molecular weight excluding hydrogens is 658 g/mol. The van der Waals surface area contributed by atoms with Gasteiger partial charge in [-0.15, -0.1) is 0 Å². The number of benzene rings is 4. The molecule has 2 aliphatic heterocycles. The van der Waals surface area contributed by atoms with Gasteiger partial charge in [0.25, 0.3) is 11.8 Å². The molecule has 4 aromatic carbocycles. The van der Waals surface area contributed by atoms with E-state index < -0.39 is 46.8 Å². The number of hydrazine groups is 1. The van der Waals surface area contributed by atoms with Crippen LogP contribution in [0.15, 0.2) is 109 Å². The molecule has 1 saturated carbocycles. The van der Waals surface area contributed by atoms with Gasteiger partial charge in [0.2, 0.25) is 11.8 Å². The third kappa shape index (κ3) is 4.81. The van der Waals surface area contributed by atoms with Crippen LogP contribution < -0.4 is 15.1 Å². The monoisotopic (exact) mass is 695 g/mol. The van der Waals surface area contributed by atoms with E-state index in [1.54, 1.807) is 42.5 Å². The number of aromatic hydroxyl groups is 1. The molecule has 4 amide bonds. The Bertz CT molecular complexity index is 2180. The second kappa shape index (κ2) is 12.3. The fraction of sp³-hybridized carbons (Fsp3) is 0.262. The Morgan fingerprint density at radius 2 is 1.58 bits per heavy atom. The predicted molar refractivity (Wildman–Crippen MR) is 192 cm³/mol. The number of phenolic OH excluding ortho intramolecular Hbond substituents is 1. The van der Waals surface area contributed by atoms with E-state index in [1.165, 1.54) is 31.1 Å². The van der Waals surface area contributed by atoms with Gasteiger partial charge in [-0.05, 0) is 80.6 Å². The Hall–Kier alpha value is -6.03. The van der Waals surface area contributed by atoms with Gasteiger partial charge in [0.05, 0.1) is 41.7 Å². The third-order valence-corrected chi connectivity index (χ3v) is 11.5. The fourth-order valence-electron chi connectivity index (χ4n) is 9.13. The van der Waals surface area contributed by atoms with Crippen molar-refractivity contribution in [2.45, 2.75) is 38.0 Å². The number of ketones is 1. The van der Waals surface area contributed by atoms with Crippen molar-refractivity contribution in [3.63, 3.8) is 0 Å². The highest BCUT2D eigenvalue weighted by Gasteiger charge is 2.70. The summed E-state index contributed by atoms with van der Waals surface area (Å²) in [5.74, 6) is -5.21. The SMILES string of the molecule is COc1cc(O)ccc1[C@H]1C2=CC[C@@H]3C(=O)N(c4ccc(C(C)=O)cc4)C(=O)[C@@H]3[C@@H]2C[C@H]2C(=O)N(Nc3ccc(C)cc3)C(=O)[C@@]12c1ccccc1. The van der Waals surface area contributed by atoms with Crippen LogP contribution in [0, 0.1) is 30.6 Å². The zero-order valence-corrected chi connectivity index (χ0v) is 28.9. The van der Waals surface area contributed by atoms with Crippen molar-refractivity contribution in [1.29, 1.82) is 0 Å². The van der Waals surface area contributed by atoms with E-state index in [0.717, 1.165) is 16.1 Å². The fourth-order valence-corrected chi connectivity index (χ4v) is 9.13. The number of ether oxygens (including phenoxy) is 1. The standard InChI is InChI=1S/C42H37N3O7/c1-23-9-13-27(14-10-23)43-45-39(49)34-22-33-30(19-20-32-36(33)40(50)44(38(32)48)28-15-11-25(12-16-28)24(2)46)37(31-18-17-29(47)21-35(31)52-3)42(34,41(45)51)26-7-5-4-6-8-26/h4-19,21,32-34,36-37,43,47H,20,22H2,1-3H3/t32-,33+,34-,36-,37+,42+/m0/s1. The maximum absolute atomic E-state index is 15.3. The summed E-state index contributed by atoms with van der Waals surface area (Å²) in [6.45, 7) is 3.40. The Labute approximate surface area is 300 Å². The zero-order chi connectivity index (χ0) is 36.5. The Morgan fingerprint density at radius 1 is 0.865 bits per heavy atom. The van der Waals surface area contributed by atoms with Crippen molar-refractivity contribution in [2.75, 3.05) is 17.4 Å². The number of nitrogens with zero attached hydrogens (tertiary/aromatic N) is 2. The maximum Gasteiger partial charge on any atom is 0.260 e. The molecule has 262 valence electrons. The van der Waals surface area contributed by atoms with Crippen LogP contribution in [0.3, 0.4) is 0 Å². The number of methoxy groups -OCH3 is 1. The molecular formula is C42H37N3O7. The molecule has 0 aromatic heterocycles. The van der Waals surface area contributed by atoms with E-state index in [4.69, 9.17) is 4.74 Å². The number of Topliss-reactive ketones (excluding diaryl/α,β-unsaturated/α-hetero) is 1. The van der Waals surface area contributed by atoms with Crippen molar-refractivity contribution in [1.82, 2.24) is 5.01 Å². The summed E-state index contributed by atoms with van der Waals surface area (Å²) in [5, 5.41) is 11.6. The van der Waals surface area contributed by atoms with Crippen LogP contribution >= 0.6 is 0 Å². The number of phenols is 1. The highest BCUT2D eigenvalue weighted by atomic mass is 16.5. The van der Waals surface area contributed by atoms with Gasteiger partial charge in [0, 0.05) is 23.1 Å². The lowest BCUT2D eigenvalue weighted by atomic mass is 9.49. The molecule has 6 atom stereocenters. The first-order valence-electron chi connectivity index (χ1n) is 17.4. The first kappa shape index (κ1) is 33.1. The summed E-state index contributed by atoms with van der Waals surface area (Å²) in [5.41, 5.74) is 6.05. The minimum atomic E-state index is -1.47. The third-order valence-electron chi connectivity index (χ3n) is 11.5. The lowest BCUT2D eigenvalue weighted by Gasteiger charge is -2.50. The minimum Gasteiger partial charge on any atom is -0.508 e. The number of rotatable bonds is 7. The summed E-state index contributed by atoms with van der Waals surface area (Å²) >= 11 is 0. The quantitative estimate of drug-likeness (QED) is 0.135. The van der Waals surface area contributed by atoms with Crippen molar-refractivity contribution in [3.8, 4) is 11.5 Å². The molecule has 0 bridgehead atoms. The van der Waals surface area contributed by atoms with E-state index in [1.807, 2.05) is 55.5 Å². The number of imide groups is 2. The van der Waals surface area contributed by atoms with Crippen LogP contribution in [0.25, 0.3) is 0 Å². The Balaban J connectivity index is 1.31. The van der Waals surface area contributed by atoms with Gasteiger partial charge < -0.3 is 9.84 Å². The van der Waals surface area contributed by atoms with Crippen LogP contribution in [-0.4, -0.2) is 46.6 Å². The molecule has 52 heavy (non-hydrogen) atoms. The van der Waals surface area contributed by atoms with Gasteiger partial charge in [-0.3, -0.25) is 34.3 Å². The normalized spacial score (nSPS) is 26.4. The summed E-state index contributed by atoms with van der Waals surface area (Å²) in [7, 11) is 1.48. The van der Waals surface area contributed by atoms with E-state index in [0.29, 0.717) is 33.8 Å². The minimum absolute atomic E-state index is 0.0320. The summed E-state index contributed by atoms with van der Waals surface area (Å²) in [4.78, 5) is 71.9. The summed E-state index contributed by atoms with van der Waals surface area (Å²) in [6, 6.07) is 27.8. The van der Waals surface area contributed by atoms with E-state index in [-0.39, 0.29) is 36.2 Å². The first-order valence-corrected chi connectivity index (χ1v) is 17.4. The Kier molecular flexibility index (Phi) is 7.86. The number of carbonyl (C=O) groups excluding carboxylic acids is 5. The molecule has 4 aliphatic rings. The maximum atomic E-state index is 15.3. The number of amides is 4. The van der Waals surface area contributed by atoms with Gasteiger partial charge in [0.1, 0.15) is 11.5 Å². The molecule has 10 nitrogen and oxygen atoms in total. The van der Waals surface area contributed by atoms with Crippen molar-refractivity contribution >= 4 is 40.8 Å². The number of aryl methyl sites for hydroxylation is 1. The van der Waals surface area contributed by atoms with Crippen LogP contribution in [0.5, 0.6) is 11.5 Å². The zero-order valence-electron chi connectivity index (χ0n) is 28.9. The number of anilines is 2. The van der Waals surface area contributed by atoms with Gasteiger partial charge >= 0.3 is 0 Å². The van der Waals surface area contributed by atoms with Crippen molar-refractivity contribution in [2.24, 2.45) is 23.7 Å². The molecule has 0 unspecified atom stereocenters.